The molecule has 1 radical (unpaired) electrons. The van der Waals surface area contributed by atoms with Crippen molar-refractivity contribution in [3.63, 3.8) is 0 Å². The van der Waals surface area contributed by atoms with Crippen molar-refractivity contribution in [2.45, 2.75) is 0 Å². The normalized spacial score (nSPS) is 5.40. The molecular formula is H5BO3Rb. The summed E-state index contributed by atoms with van der Waals surface area (Å²) in [6.45, 7) is 0. The molecule has 0 saturated carbocycles. The second-order valence-corrected chi connectivity index (χ2v) is 0.346. The SMILES string of the molecule is OB(O)O.[HH].[Rb]. The molecule has 0 aliphatic rings. The molecule has 0 heterocycles. The number of hydrogen-bond acceptors (Lipinski definition) is 3. The van der Waals surface area contributed by atoms with E-state index in [0.29, 0.717) is 0 Å². The Morgan fingerprint density at radius 1 is 1.20 bits per heavy atom. The van der Waals surface area contributed by atoms with Crippen LogP contribution in [0.25, 0.3) is 0 Å². The summed E-state index contributed by atoms with van der Waals surface area (Å²) < 4.78 is 0. The van der Waals surface area contributed by atoms with Gasteiger partial charge in [-0.25, -0.2) is 0 Å². The molecule has 27 valence electrons. The van der Waals surface area contributed by atoms with Crippen molar-refractivity contribution in [1.82, 2.24) is 0 Å². The van der Waals surface area contributed by atoms with E-state index in [-0.39, 0.29) is 59.6 Å². The van der Waals surface area contributed by atoms with Crippen molar-refractivity contribution < 1.29 is 16.5 Å². The minimum Gasteiger partial charge on any atom is -0.402 e. The van der Waals surface area contributed by atoms with Gasteiger partial charge >= 0.3 is 7.32 Å². The van der Waals surface area contributed by atoms with Gasteiger partial charge in [0.15, 0.2) is 0 Å². The van der Waals surface area contributed by atoms with E-state index < -0.39 is 7.32 Å². The van der Waals surface area contributed by atoms with Crippen molar-refractivity contribution in [3.05, 3.63) is 0 Å². The van der Waals surface area contributed by atoms with Crippen LogP contribution in [0.5, 0.6) is 0 Å². The Bertz CT molecular complexity index is 15.5. The zero-order valence-electron chi connectivity index (χ0n) is 2.92. The van der Waals surface area contributed by atoms with Crippen LogP contribution in [0.3, 0.4) is 0 Å². The smallest absolute Gasteiger partial charge is 0.402 e. The van der Waals surface area contributed by atoms with Gasteiger partial charge in [-0.05, 0) is 0 Å². The predicted octanol–water partition coefficient (Wildman–Crippen LogP) is -2.19. The van der Waals surface area contributed by atoms with Crippen molar-refractivity contribution in [3.8, 4) is 0 Å². The summed E-state index contributed by atoms with van der Waals surface area (Å²) in [6, 6.07) is 0. The molecule has 0 aromatic carbocycles. The van der Waals surface area contributed by atoms with Gasteiger partial charge < -0.3 is 15.1 Å². The third-order valence-corrected chi connectivity index (χ3v) is 0. The maximum Gasteiger partial charge on any atom is 0.631 e. The fraction of sp³-hybridized carbons (Fsp3) is 0. The molecule has 0 saturated heterocycles. The molecule has 0 atom stereocenters. The second kappa shape index (κ2) is 5.75. The standard InChI is InChI=1S/BH3O3.Rb.H2/c2-1(3)4;;/h2-4H;;1H. The average molecular weight is 149 g/mol. The van der Waals surface area contributed by atoms with Crippen LogP contribution in [0, 0.1) is 0 Å². The van der Waals surface area contributed by atoms with Crippen LogP contribution in [-0.4, -0.2) is 80.6 Å². The quantitative estimate of drug-likeness (QED) is 0.343. The first-order valence-electron chi connectivity index (χ1n) is 0.775. The molecular weight excluding hydrogens is 144 g/mol. The zero-order chi connectivity index (χ0) is 3.58. The maximum atomic E-state index is 7.17. The summed E-state index contributed by atoms with van der Waals surface area (Å²) in [7, 11) is -2.17. The maximum absolute atomic E-state index is 7.17. The summed E-state index contributed by atoms with van der Waals surface area (Å²) in [4.78, 5) is 0. The Hall–Kier alpha value is 1.75. The van der Waals surface area contributed by atoms with Gasteiger partial charge in [0.2, 0.25) is 0 Å². The third-order valence-electron chi connectivity index (χ3n) is 0. The molecule has 0 aromatic rings. The average Bonchev–Trinajstić information content (AvgIpc) is 0.811. The molecule has 0 fully saturated rings. The molecule has 0 aliphatic heterocycles. The van der Waals surface area contributed by atoms with Crippen LogP contribution >= 0.6 is 0 Å². The largest absolute Gasteiger partial charge is 0.631 e. The van der Waals surface area contributed by atoms with Gasteiger partial charge in [0.05, 0.1) is 0 Å². The summed E-state index contributed by atoms with van der Waals surface area (Å²) in [6.07, 6.45) is 0. The van der Waals surface area contributed by atoms with Crippen molar-refractivity contribution in [2.75, 3.05) is 0 Å². The van der Waals surface area contributed by atoms with E-state index in [0.717, 1.165) is 0 Å². The fourth-order valence-electron chi connectivity index (χ4n) is 0. The molecule has 5 heteroatoms. The first-order chi connectivity index (χ1) is 1.73. The second-order valence-electron chi connectivity index (χ2n) is 0.346. The number of hydrogen-bond donors (Lipinski definition) is 3. The molecule has 0 bridgehead atoms. The van der Waals surface area contributed by atoms with Gasteiger partial charge in [-0.1, -0.05) is 0 Å². The number of rotatable bonds is 0. The van der Waals surface area contributed by atoms with E-state index in [2.05, 4.69) is 0 Å². The van der Waals surface area contributed by atoms with Crippen LogP contribution in [-0.2, 0) is 0 Å². The van der Waals surface area contributed by atoms with Gasteiger partial charge in [-0.15, -0.1) is 0 Å². The van der Waals surface area contributed by atoms with E-state index in [1.54, 1.807) is 0 Å². The minimum atomic E-state index is -2.17. The molecule has 0 unspecified atom stereocenters. The summed E-state index contributed by atoms with van der Waals surface area (Å²) in [5.74, 6) is 0. The zero-order valence-corrected chi connectivity index (χ0v) is 7.84. The van der Waals surface area contributed by atoms with Crippen LogP contribution in [0.1, 0.15) is 1.43 Å². The van der Waals surface area contributed by atoms with E-state index in [9.17, 15) is 0 Å². The van der Waals surface area contributed by atoms with Gasteiger partial charge in [-0.3, -0.25) is 0 Å². The topological polar surface area (TPSA) is 60.7 Å². The Kier molecular flexibility index (Phi) is 11.4. The van der Waals surface area contributed by atoms with Crippen LogP contribution in [0.2, 0.25) is 0 Å². The van der Waals surface area contributed by atoms with Gasteiger partial charge in [0.25, 0.3) is 0 Å². The first kappa shape index (κ1) is 9.89. The van der Waals surface area contributed by atoms with Gasteiger partial charge in [0.1, 0.15) is 0 Å². The molecule has 3 N–H and O–H groups in total. The van der Waals surface area contributed by atoms with E-state index in [1.807, 2.05) is 0 Å². The molecule has 0 aromatic heterocycles. The summed E-state index contributed by atoms with van der Waals surface area (Å²) in [5, 5.41) is 21.5. The third kappa shape index (κ3) is 26.4. The Balaban J connectivity index is -0.0000000450. The Morgan fingerprint density at radius 3 is 1.20 bits per heavy atom. The molecule has 0 amide bonds. The molecule has 5 heavy (non-hydrogen) atoms. The predicted molar refractivity (Wildman–Crippen MR) is 20.3 cm³/mol. The minimum absolute atomic E-state index is 0. The van der Waals surface area contributed by atoms with Crippen molar-refractivity contribution >= 4 is 65.5 Å². The van der Waals surface area contributed by atoms with Gasteiger partial charge in [0, 0.05) is 59.6 Å². The van der Waals surface area contributed by atoms with E-state index in [1.165, 1.54) is 0 Å². The summed E-state index contributed by atoms with van der Waals surface area (Å²) >= 11 is 0. The van der Waals surface area contributed by atoms with E-state index >= 15 is 0 Å². The van der Waals surface area contributed by atoms with E-state index in [4.69, 9.17) is 15.1 Å². The molecule has 0 spiro atoms. The summed E-state index contributed by atoms with van der Waals surface area (Å²) in [5.41, 5.74) is 0. The molecule has 0 rings (SSSR count). The van der Waals surface area contributed by atoms with Crippen molar-refractivity contribution in [1.29, 1.82) is 0 Å². The Morgan fingerprint density at radius 2 is 1.20 bits per heavy atom. The first-order valence-corrected chi connectivity index (χ1v) is 0.775. The molecule has 0 aliphatic carbocycles. The Labute approximate surface area is 80.5 Å². The van der Waals surface area contributed by atoms with Gasteiger partial charge in [-0.2, -0.15) is 0 Å². The monoisotopic (exact) mass is 149 g/mol. The van der Waals surface area contributed by atoms with Crippen LogP contribution in [0.4, 0.5) is 0 Å². The van der Waals surface area contributed by atoms with Crippen LogP contribution < -0.4 is 0 Å². The fourth-order valence-corrected chi connectivity index (χ4v) is 0. The van der Waals surface area contributed by atoms with Crippen LogP contribution in [0.15, 0.2) is 0 Å². The van der Waals surface area contributed by atoms with Crippen molar-refractivity contribution in [2.24, 2.45) is 0 Å². The molecule has 3 nitrogen and oxygen atoms in total.